The Bertz CT molecular complexity index is 3020. The molecule has 6 aromatic rings. The minimum Gasteiger partial charge on any atom is -0.461 e. The molecular formula is C59H56N3O4+. The molecule has 330 valence electrons. The van der Waals surface area contributed by atoms with E-state index in [0.29, 0.717) is 13.1 Å². The minimum absolute atomic E-state index is 0.222. The van der Waals surface area contributed by atoms with Gasteiger partial charge in [-0.05, 0) is 107 Å². The van der Waals surface area contributed by atoms with Crippen LogP contribution < -0.4 is 9.80 Å². The highest BCUT2D eigenvalue weighted by Gasteiger charge is 2.46. The highest BCUT2D eigenvalue weighted by Crippen LogP contribution is 2.51. The van der Waals surface area contributed by atoms with E-state index in [-0.39, 0.29) is 24.0 Å². The van der Waals surface area contributed by atoms with E-state index in [9.17, 15) is 9.59 Å². The fourth-order valence-electron chi connectivity index (χ4n) is 10.4. The number of ether oxygens (including phenoxy) is 2. The second-order valence-corrected chi connectivity index (χ2v) is 18.0. The standard InChI is InChI=1S/C59H56N3O4/c1-7-53(63)65-39-37-60-49-33-29-41-19-15-17-25-47(41)55(49)58(3,4)51(60)35-31-43-27-28-44(57(43)62(45-21-11-9-12-22-45)46-23-13-10-14-24-46)32-36-52-59(5,6)56-48-26-18-16-20-42(48)30-34-50(56)61(52)38-40-66-54(64)8-2/h7-26,29-36H,1-2,27-28,37-40H2,3-6H3/q+1. The molecule has 0 saturated carbocycles. The van der Waals surface area contributed by atoms with E-state index in [1.165, 1.54) is 56.0 Å². The van der Waals surface area contributed by atoms with E-state index in [1.54, 1.807) is 0 Å². The summed E-state index contributed by atoms with van der Waals surface area (Å²) in [7, 11) is 0. The summed E-state index contributed by atoms with van der Waals surface area (Å²) >= 11 is 0. The number of carbonyl (C=O) groups is 2. The Kier molecular flexibility index (Phi) is 12.0. The first-order valence-corrected chi connectivity index (χ1v) is 22.8. The Morgan fingerprint density at radius 2 is 1.23 bits per heavy atom. The predicted molar refractivity (Wildman–Crippen MR) is 270 cm³/mol. The Labute approximate surface area is 388 Å². The summed E-state index contributed by atoms with van der Waals surface area (Å²) in [5, 5.41) is 4.81. The van der Waals surface area contributed by atoms with Crippen molar-refractivity contribution in [1.82, 2.24) is 0 Å². The van der Waals surface area contributed by atoms with Crippen molar-refractivity contribution in [3.05, 3.63) is 217 Å². The van der Waals surface area contributed by atoms with Crippen molar-refractivity contribution in [2.75, 3.05) is 36.1 Å². The summed E-state index contributed by atoms with van der Waals surface area (Å²) < 4.78 is 13.5. The van der Waals surface area contributed by atoms with Crippen LogP contribution in [0.2, 0.25) is 0 Å². The zero-order valence-electron chi connectivity index (χ0n) is 38.3. The van der Waals surface area contributed by atoms with Crippen LogP contribution in [0.15, 0.2) is 206 Å². The highest BCUT2D eigenvalue weighted by atomic mass is 16.5. The van der Waals surface area contributed by atoms with E-state index in [4.69, 9.17) is 9.47 Å². The van der Waals surface area contributed by atoms with E-state index < -0.39 is 11.9 Å². The predicted octanol–water partition coefficient (Wildman–Crippen LogP) is 12.9. The topological polar surface area (TPSA) is 62.1 Å². The first-order valence-electron chi connectivity index (χ1n) is 22.8. The molecule has 0 unspecified atom stereocenters. The molecule has 3 aliphatic rings. The fraction of sp³-hybridized carbons (Fsp3) is 0.203. The molecule has 0 spiro atoms. The van der Waals surface area contributed by atoms with Crippen molar-refractivity contribution >= 4 is 61.9 Å². The second-order valence-electron chi connectivity index (χ2n) is 18.0. The quantitative estimate of drug-likeness (QED) is 0.0617. The zero-order valence-corrected chi connectivity index (χ0v) is 38.3. The Morgan fingerprint density at radius 3 is 1.86 bits per heavy atom. The number of anilines is 3. The first-order chi connectivity index (χ1) is 32.0. The molecular weight excluding hydrogens is 815 g/mol. The van der Waals surface area contributed by atoms with E-state index >= 15 is 0 Å². The van der Waals surface area contributed by atoms with E-state index in [0.717, 1.165) is 52.7 Å². The van der Waals surface area contributed by atoms with Crippen LogP contribution in [0.4, 0.5) is 22.7 Å². The number of nitrogens with zero attached hydrogens (tertiary/aromatic N) is 3. The first kappa shape index (κ1) is 43.7. The smallest absolute Gasteiger partial charge is 0.330 e. The van der Waals surface area contributed by atoms with Gasteiger partial charge in [0, 0.05) is 58.0 Å². The third-order valence-corrected chi connectivity index (χ3v) is 13.4. The van der Waals surface area contributed by atoms with Crippen LogP contribution in [0.1, 0.15) is 51.7 Å². The van der Waals surface area contributed by atoms with Gasteiger partial charge in [0.2, 0.25) is 5.69 Å². The number of esters is 2. The molecule has 0 bridgehead atoms. The number of rotatable bonds is 14. The monoisotopic (exact) mass is 870 g/mol. The van der Waals surface area contributed by atoms with Gasteiger partial charge in [0.05, 0.1) is 17.7 Å². The van der Waals surface area contributed by atoms with Crippen LogP contribution in [0.3, 0.4) is 0 Å². The summed E-state index contributed by atoms with van der Waals surface area (Å²) in [4.78, 5) is 29.2. The maximum atomic E-state index is 12.2. The van der Waals surface area contributed by atoms with Crippen molar-refractivity contribution in [3.8, 4) is 0 Å². The van der Waals surface area contributed by atoms with Crippen LogP contribution in [-0.4, -0.2) is 48.5 Å². The maximum Gasteiger partial charge on any atom is 0.330 e. The molecule has 2 aliphatic heterocycles. The van der Waals surface area contributed by atoms with Gasteiger partial charge in [-0.3, -0.25) is 0 Å². The van der Waals surface area contributed by atoms with Gasteiger partial charge < -0.3 is 19.3 Å². The third kappa shape index (κ3) is 8.00. The van der Waals surface area contributed by atoms with Crippen LogP contribution in [-0.2, 0) is 29.9 Å². The van der Waals surface area contributed by atoms with Gasteiger partial charge in [0.15, 0.2) is 18.9 Å². The second kappa shape index (κ2) is 18.2. The van der Waals surface area contributed by atoms with Gasteiger partial charge in [-0.1, -0.05) is 130 Å². The number of hydrogen-bond acceptors (Lipinski definition) is 6. The molecule has 7 heteroatoms. The molecule has 0 atom stereocenters. The number of para-hydroxylation sites is 2. The molecule has 0 radical (unpaired) electrons. The summed E-state index contributed by atoms with van der Waals surface area (Å²) in [6.07, 6.45) is 13.3. The lowest BCUT2D eigenvalue weighted by Crippen LogP contribution is -2.29. The normalized spacial score (nSPS) is 17.2. The van der Waals surface area contributed by atoms with Gasteiger partial charge in [0.1, 0.15) is 6.61 Å². The number of carbonyl (C=O) groups excluding carboxylic acids is 2. The fourth-order valence-corrected chi connectivity index (χ4v) is 10.4. The Hall–Kier alpha value is -7.51. The van der Waals surface area contributed by atoms with Gasteiger partial charge in [-0.2, -0.15) is 4.58 Å². The third-order valence-electron chi connectivity index (χ3n) is 13.4. The average molecular weight is 871 g/mol. The van der Waals surface area contributed by atoms with Crippen molar-refractivity contribution in [2.24, 2.45) is 0 Å². The van der Waals surface area contributed by atoms with Gasteiger partial charge in [-0.15, -0.1) is 0 Å². The number of hydrogen-bond donors (Lipinski definition) is 0. The number of benzene rings is 6. The minimum atomic E-state index is -0.432. The molecule has 9 rings (SSSR count). The molecule has 7 nitrogen and oxygen atoms in total. The van der Waals surface area contributed by atoms with Crippen molar-refractivity contribution in [2.45, 2.75) is 51.4 Å². The van der Waals surface area contributed by atoms with Crippen molar-refractivity contribution < 1.29 is 23.6 Å². The van der Waals surface area contributed by atoms with E-state index in [2.05, 4.69) is 213 Å². The SMILES string of the molecule is C=CC(=O)OCCN1/C(=C/C=C2\CCC(/C=C/C3=[N+](CCOC(=O)C=C)c4ccc5ccccc5c4C3(C)C)=C2N(c2ccccc2)c2ccccc2)C(C)(C)c2c1ccc1ccccc21. The molecule has 0 N–H and O–H groups in total. The van der Waals surface area contributed by atoms with Crippen LogP contribution in [0, 0.1) is 0 Å². The zero-order chi connectivity index (χ0) is 46.0. The maximum absolute atomic E-state index is 12.2. The lowest BCUT2D eigenvalue weighted by atomic mass is 9.79. The van der Waals surface area contributed by atoms with Crippen LogP contribution in [0.25, 0.3) is 21.5 Å². The number of fused-ring (bicyclic) bond motifs is 6. The van der Waals surface area contributed by atoms with Crippen molar-refractivity contribution in [1.29, 1.82) is 0 Å². The lowest BCUT2D eigenvalue weighted by molar-refractivity contribution is -0.440. The summed E-state index contributed by atoms with van der Waals surface area (Å²) in [6.45, 7) is 17.8. The van der Waals surface area contributed by atoms with Crippen LogP contribution >= 0.6 is 0 Å². The molecule has 66 heavy (non-hydrogen) atoms. The average Bonchev–Trinajstić information content (AvgIpc) is 3.91. The largest absolute Gasteiger partial charge is 0.461 e. The van der Waals surface area contributed by atoms with Gasteiger partial charge >= 0.3 is 11.9 Å². The van der Waals surface area contributed by atoms with Gasteiger partial charge in [0.25, 0.3) is 0 Å². The summed E-state index contributed by atoms with van der Waals surface area (Å²) in [6, 6.07) is 47.1. The van der Waals surface area contributed by atoms with Crippen molar-refractivity contribution in [3.63, 3.8) is 0 Å². The molecule has 6 aromatic carbocycles. The highest BCUT2D eigenvalue weighted by molar-refractivity contribution is 6.08. The van der Waals surface area contributed by atoms with Gasteiger partial charge in [-0.25, -0.2) is 9.59 Å². The van der Waals surface area contributed by atoms with E-state index in [1.807, 2.05) is 0 Å². The lowest BCUT2D eigenvalue weighted by Gasteiger charge is -2.29. The molecule has 0 fully saturated rings. The molecule has 0 aromatic heterocycles. The summed E-state index contributed by atoms with van der Waals surface area (Å²) in [5.74, 6) is -0.864. The number of allylic oxidation sites excluding steroid dienone is 7. The summed E-state index contributed by atoms with van der Waals surface area (Å²) in [5.41, 5.74) is 12.0. The van der Waals surface area contributed by atoms with Crippen LogP contribution in [0.5, 0.6) is 0 Å². The Morgan fingerprint density at radius 1 is 0.652 bits per heavy atom. The molecule has 2 heterocycles. The molecule has 0 saturated heterocycles. The Balaban J connectivity index is 1.21. The molecule has 1 aliphatic carbocycles. The molecule has 0 amide bonds.